The van der Waals surface area contributed by atoms with Crippen molar-refractivity contribution in [3.8, 4) is 0 Å². The lowest BCUT2D eigenvalue weighted by Crippen LogP contribution is -1.85. The number of hydrogen-bond donors (Lipinski definition) is 1. The molecule has 1 aromatic rings. The monoisotopic (exact) mass is 258 g/mol. The summed E-state index contributed by atoms with van der Waals surface area (Å²) in [5, 5.41) is 0.743. The Morgan fingerprint density at radius 3 is 2.44 bits per heavy atom. The molecule has 0 unspecified atom stereocenters. The molecule has 0 N–H and O–H groups in total. The van der Waals surface area contributed by atoms with Crippen LogP contribution in [0.3, 0.4) is 0 Å². The lowest BCUT2D eigenvalue weighted by Gasteiger charge is -1.96. The zero-order valence-electron chi connectivity index (χ0n) is 8.93. The van der Waals surface area contributed by atoms with Crippen LogP contribution in [0.25, 0.3) is 0 Å². The van der Waals surface area contributed by atoms with Gasteiger partial charge in [-0.2, -0.15) is 0 Å². The van der Waals surface area contributed by atoms with E-state index >= 15 is 0 Å². The fraction of sp³-hybridized carbons (Fsp3) is 0.333. The second kappa shape index (κ2) is 7.47. The van der Waals surface area contributed by atoms with Crippen molar-refractivity contribution in [2.75, 3.05) is 5.75 Å². The molecule has 0 amide bonds. The molecule has 0 spiro atoms. The molecule has 88 valence electrons. The van der Waals surface area contributed by atoms with Crippen molar-refractivity contribution in [1.82, 2.24) is 0 Å². The first-order valence-electron chi connectivity index (χ1n) is 5.20. The first-order valence-corrected chi connectivity index (χ1v) is 6.94. The number of halogens is 1. The summed E-state index contributed by atoms with van der Waals surface area (Å²) in [6.45, 7) is 0. The topological polar surface area (TPSA) is 34.1 Å². The molecule has 1 rings (SSSR count). The maximum absolute atomic E-state index is 10.3. The van der Waals surface area contributed by atoms with E-state index in [1.165, 1.54) is 5.56 Å². The van der Waals surface area contributed by atoms with Crippen molar-refractivity contribution in [3.05, 3.63) is 47.0 Å². The second-order valence-electron chi connectivity index (χ2n) is 3.50. The van der Waals surface area contributed by atoms with Crippen LogP contribution >= 0.6 is 11.6 Å². The zero-order chi connectivity index (χ0) is 11.8. The van der Waals surface area contributed by atoms with Gasteiger partial charge in [-0.15, -0.1) is 0 Å². The average Bonchev–Trinajstić information content (AvgIpc) is 2.25. The molecule has 0 aromatic heterocycles. The van der Waals surface area contributed by atoms with E-state index in [0.717, 1.165) is 17.9 Å². The molecule has 0 bridgehead atoms. The van der Waals surface area contributed by atoms with Gasteiger partial charge in [-0.3, -0.25) is 0 Å². The molecule has 0 aliphatic carbocycles. The largest absolute Gasteiger partial charge is 0.232 e. The number of unbranched alkanes of at least 4 members (excludes halogenated alkanes) is 1. The van der Waals surface area contributed by atoms with Crippen molar-refractivity contribution < 1.29 is 8.42 Å². The minimum absolute atomic E-state index is 0.278. The highest BCUT2D eigenvalue weighted by Crippen LogP contribution is 2.10. The van der Waals surface area contributed by atoms with E-state index in [9.17, 15) is 8.42 Å². The smallest absolute Gasteiger partial charge is 0.140 e. The standard InChI is InChI=1S/C12H15ClO2S/c13-12-8-6-11(7-9-12)5-3-1-2-4-10-16(14)15/h1,3,6-9,16H,2,4-5,10H2. The highest BCUT2D eigenvalue weighted by atomic mass is 35.5. The zero-order valence-corrected chi connectivity index (χ0v) is 10.6. The molecule has 0 heterocycles. The van der Waals surface area contributed by atoms with Gasteiger partial charge >= 0.3 is 0 Å². The van der Waals surface area contributed by atoms with Crippen LogP contribution in [0.2, 0.25) is 5.02 Å². The lowest BCUT2D eigenvalue weighted by atomic mass is 10.1. The van der Waals surface area contributed by atoms with Gasteiger partial charge in [0.1, 0.15) is 10.7 Å². The maximum atomic E-state index is 10.3. The summed E-state index contributed by atoms with van der Waals surface area (Å²) in [6, 6.07) is 7.71. The molecule has 0 radical (unpaired) electrons. The molecule has 0 saturated heterocycles. The molecule has 1 aromatic carbocycles. The van der Waals surface area contributed by atoms with Crippen LogP contribution < -0.4 is 0 Å². The molecular formula is C12H15ClO2S. The van der Waals surface area contributed by atoms with Gasteiger partial charge in [-0.05, 0) is 37.0 Å². The minimum atomic E-state index is -2.22. The predicted molar refractivity (Wildman–Crippen MR) is 68.7 cm³/mol. The van der Waals surface area contributed by atoms with Crippen molar-refractivity contribution in [2.24, 2.45) is 0 Å². The van der Waals surface area contributed by atoms with Crippen LogP contribution in [0, 0.1) is 0 Å². The van der Waals surface area contributed by atoms with E-state index in [1.54, 1.807) is 0 Å². The van der Waals surface area contributed by atoms with Crippen molar-refractivity contribution in [2.45, 2.75) is 19.3 Å². The normalized spacial score (nSPS) is 11.4. The first kappa shape index (κ1) is 13.3. The Labute approximate surface area is 103 Å². The Morgan fingerprint density at radius 1 is 1.12 bits per heavy atom. The number of hydrogen-bond acceptors (Lipinski definition) is 2. The Bertz CT molecular complexity index is 400. The molecule has 16 heavy (non-hydrogen) atoms. The van der Waals surface area contributed by atoms with Gasteiger partial charge < -0.3 is 0 Å². The summed E-state index contributed by atoms with van der Waals surface area (Å²) in [5.74, 6) is 0.278. The summed E-state index contributed by atoms with van der Waals surface area (Å²) < 4.78 is 20.6. The third-order valence-corrected chi connectivity index (χ3v) is 3.08. The molecule has 0 fully saturated rings. The molecule has 0 aliphatic rings. The molecule has 4 heteroatoms. The first-order chi connectivity index (χ1) is 7.68. The number of benzene rings is 1. The maximum Gasteiger partial charge on any atom is 0.140 e. The summed E-state index contributed by atoms with van der Waals surface area (Å²) in [6.07, 6.45) is 6.46. The molecule has 0 saturated carbocycles. The van der Waals surface area contributed by atoms with E-state index in [4.69, 9.17) is 11.6 Å². The van der Waals surface area contributed by atoms with Crippen LogP contribution in [0.4, 0.5) is 0 Å². The Morgan fingerprint density at radius 2 is 1.81 bits per heavy atom. The summed E-state index contributed by atoms with van der Waals surface area (Å²) in [5.41, 5.74) is 1.20. The van der Waals surface area contributed by atoms with E-state index in [-0.39, 0.29) is 5.75 Å². The molecule has 0 atom stereocenters. The molecule has 0 aliphatic heterocycles. The van der Waals surface area contributed by atoms with Crippen molar-refractivity contribution >= 4 is 22.3 Å². The highest BCUT2D eigenvalue weighted by molar-refractivity contribution is 7.72. The van der Waals surface area contributed by atoms with Gasteiger partial charge in [0.05, 0.1) is 0 Å². The van der Waals surface area contributed by atoms with Crippen LogP contribution in [0.5, 0.6) is 0 Å². The Balaban J connectivity index is 2.23. The number of allylic oxidation sites excluding steroid dienone is 2. The van der Waals surface area contributed by atoms with Crippen LogP contribution in [0.1, 0.15) is 18.4 Å². The highest BCUT2D eigenvalue weighted by Gasteiger charge is 1.90. The van der Waals surface area contributed by atoms with Gasteiger partial charge in [0.2, 0.25) is 0 Å². The molecular weight excluding hydrogens is 244 g/mol. The fourth-order valence-electron chi connectivity index (χ4n) is 1.30. The minimum Gasteiger partial charge on any atom is -0.232 e. The van der Waals surface area contributed by atoms with Crippen LogP contribution in [-0.4, -0.2) is 14.2 Å². The van der Waals surface area contributed by atoms with E-state index in [2.05, 4.69) is 6.08 Å². The Kier molecular flexibility index (Phi) is 6.19. The third-order valence-electron chi connectivity index (χ3n) is 2.14. The number of thiol groups is 1. The van der Waals surface area contributed by atoms with Gasteiger partial charge in [0.25, 0.3) is 0 Å². The SMILES string of the molecule is O=[SH](=O)CCCC=CCc1ccc(Cl)cc1. The average molecular weight is 259 g/mol. The lowest BCUT2D eigenvalue weighted by molar-refractivity contribution is 0.612. The fourth-order valence-corrected chi connectivity index (χ4v) is 1.86. The third kappa shape index (κ3) is 5.93. The van der Waals surface area contributed by atoms with Gasteiger partial charge in [-0.1, -0.05) is 35.9 Å². The summed E-state index contributed by atoms with van der Waals surface area (Å²) in [4.78, 5) is 0. The molecule has 2 nitrogen and oxygen atoms in total. The second-order valence-corrected chi connectivity index (χ2v) is 5.05. The quantitative estimate of drug-likeness (QED) is 0.484. The predicted octanol–water partition coefficient (Wildman–Crippen LogP) is 2.83. The van der Waals surface area contributed by atoms with Gasteiger partial charge in [0.15, 0.2) is 0 Å². The Hall–Kier alpha value is -0.800. The summed E-state index contributed by atoms with van der Waals surface area (Å²) in [7, 11) is -2.22. The summed E-state index contributed by atoms with van der Waals surface area (Å²) >= 11 is 5.77. The van der Waals surface area contributed by atoms with Crippen LogP contribution in [-0.2, 0) is 17.1 Å². The van der Waals surface area contributed by atoms with E-state index in [0.29, 0.717) is 6.42 Å². The van der Waals surface area contributed by atoms with E-state index < -0.39 is 10.7 Å². The van der Waals surface area contributed by atoms with Crippen molar-refractivity contribution in [3.63, 3.8) is 0 Å². The van der Waals surface area contributed by atoms with Gasteiger partial charge in [-0.25, -0.2) is 8.42 Å². The van der Waals surface area contributed by atoms with Crippen molar-refractivity contribution in [1.29, 1.82) is 0 Å². The van der Waals surface area contributed by atoms with E-state index in [1.807, 2.05) is 30.3 Å². The number of rotatable bonds is 6. The van der Waals surface area contributed by atoms with Gasteiger partial charge in [0, 0.05) is 10.8 Å². The van der Waals surface area contributed by atoms with Crippen LogP contribution in [0.15, 0.2) is 36.4 Å².